The van der Waals surface area contributed by atoms with E-state index in [0.29, 0.717) is 22.2 Å². The summed E-state index contributed by atoms with van der Waals surface area (Å²) in [5.74, 6) is 0.485. The van der Waals surface area contributed by atoms with E-state index in [0.717, 1.165) is 0 Å². The zero-order chi connectivity index (χ0) is 18.1. The van der Waals surface area contributed by atoms with E-state index in [4.69, 9.17) is 4.42 Å². The maximum atomic E-state index is 12.4. The molecule has 132 valence electrons. The van der Waals surface area contributed by atoms with Gasteiger partial charge in [-0.25, -0.2) is 5.10 Å². The summed E-state index contributed by atoms with van der Waals surface area (Å²) in [4.78, 5) is 27.6. The lowest BCUT2D eigenvalue weighted by Gasteiger charge is -2.22. The third kappa shape index (κ3) is 3.35. The summed E-state index contributed by atoms with van der Waals surface area (Å²) in [6, 6.07) is 4.16. The summed E-state index contributed by atoms with van der Waals surface area (Å²) in [6.07, 6.45) is 0. The zero-order valence-corrected chi connectivity index (χ0v) is 15.4. The first-order valence-corrected chi connectivity index (χ1v) is 8.78. The molecule has 1 atom stereocenters. The molecule has 1 unspecified atom stereocenters. The van der Waals surface area contributed by atoms with Gasteiger partial charge in [-0.05, 0) is 39.3 Å². The van der Waals surface area contributed by atoms with Gasteiger partial charge in [0, 0.05) is 10.9 Å². The number of fused-ring (bicyclic) bond motifs is 1. The van der Waals surface area contributed by atoms with Crippen LogP contribution in [0, 0.1) is 13.8 Å². The van der Waals surface area contributed by atoms with Gasteiger partial charge >= 0.3 is 0 Å². The highest BCUT2D eigenvalue weighted by Gasteiger charge is 2.20. The van der Waals surface area contributed by atoms with Crippen molar-refractivity contribution in [1.82, 2.24) is 15.1 Å². The Bertz CT molecular complexity index is 958. The maximum absolute atomic E-state index is 12.4. The number of aromatic nitrogens is 2. The lowest BCUT2D eigenvalue weighted by atomic mass is 10.2. The number of carbonyl (C=O) groups is 1. The summed E-state index contributed by atoms with van der Waals surface area (Å²) in [7, 11) is 1.89. The number of aryl methyl sites for hydroxylation is 2. The van der Waals surface area contributed by atoms with Crippen LogP contribution in [-0.2, 0) is 4.79 Å². The Morgan fingerprint density at radius 2 is 2.20 bits per heavy atom. The fourth-order valence-electron chi connectivity index (χ4n) is 2.81. The second-order valence-corrected chi connectivity index (χ2v) is 7.01. The van der Waals surface area contributed by atoms with E-state index in [1.54, 1.807) is 25.2 Å². The number of likely N-dealkylation sites (N-methyl/N-ethyl adjacent to an activating group) is 1. The smallest absolute Gasteiger partial charge is 0.277 e. The van der Waals surface area contributed by atoms with Gasteiger partial charge in [0.15, 0.2) is 0 Å². The van der Waals surface area contributed by atoms with Crippen LogP contribution in [0.1, 0.15) is 29.3 Å². The van der Waals surface area contributed by atoms with Crippen molar-refractivity contribution in [3.8, 4) is 0 Å². The topological polar surface area (TPSA) is 91.2 Å². The highest BCUT2D eigenvalue weighted by molar-refractivity contribution is 7.10. The van der Waals surface area contributed by atoms with Crippen molar-refractivity contribution in [2.24, 2.45) is 0 Å². The Morgan fingerprint density at radius 3 is 2.88 bits per heavy atom. The van der Waals surface area contributed by atoms with Crippen LogP contribution in [0.5, 0.6) is 0 Å². The highest BCUT2D eigenvalue weighted by atomic mass is 32.1. The molecule has 3 rings (SSSR count). The summed E-state index contributed by atoms with van der Waals surface area (Å²) < 4.78 is 5.60. The SMILES string of the molecule is Cc1n[nH]c(=O)c2c(NC(=O)CN(C)C(C)c3cccs3)oc(C)c12. The van der Waals surface area contributed by atoms with Crippen molar-refractivity contribution < 1.29 is 9.21 Å². The van der Waals surface area contributed by atoms with Crippen LogP contribution in [0.3, 0.4) is 0 Å². The number of nitrogens with one attached hydrogen (secondary N) is 2. The normalized spacial score (nSPS) is 12.7. The number of furan rings is 1. The number of hydrogen-bond donors (Lipinski definition) is 2. The van der Waals surface area contributed by atoms with Gasteiger partial charge in [-0.15, -0.1) is 11.3 Å². The van der Waals surface area contributed by atoms with Crippen LogP contribution in [0.25, 0.3) is 10.8 Å². The summed E-state index contributed by atoms with van der Waals surface area (Å²) in [6.45, 7) is 5.76. The third-order valence-electron chi connectivity index (χ3n) is 4.26. The Balaban J connectivity index is 1.79. The molecule has 7 nitrogen and oxygen atoms in total. The van der Waals surface area contributed by atoms with Crippen LogP contribution in [-0.4, -0.2) is 34.6 Å². The number of nitrogens with zero attached hydrogens (tertiary/aromatic N) is 2. The van der Waals surface area contributed by atoms with Gasteiger partial charge in [0.25, 0.3) is 5.56 Å². The molecule has 0 aromatic carbocycles. The van der Waals surface area contributed by atoms with Crippen molar-refractivity contribution in [2.45, 2.75) is 26.8 Å². The second-order valence-electron chi connectivity index (χ2n) is 6.03. The van der Waals surface area contributed by atoms with Crippen LogP contribution < -0.4 is 10.9 Å². The molecule has 2 N–H and O–H groups in total. The fourth-order valence-corrected chi connectivity index (χ4v) is 3.66. The van der Waals surface area contributed by atoms with Gasteiger partial charge in [-0.1, -0.05) is 6.07 Å². The minimum atomic E-state index is -0.381. The van der Waals surface area contributed by atoms with Crippen molar-refractivity contribution in [3.63, 3.8) is 0 Å². The molecule has 0 aliphatic carbocycles. The molecule has 0 aliphatic heterocycles. The number of thiophene rings is 1. The second kappa shape index (κ2) is 6.81. The zero-order valence-electron chi connectivity index (χ0n) is 14.5. The van der Waals surface area contributed by atoms with Gasteiger partial charge in [-0.2, -0.15) is 5.10 Å². The minimum Gasteiger partial charge on any atom is -0.444 e. The van der Waals surface area contributed by atoms with E-state index in [1.807, 2.05) is 36.4 Å². The first-order chi connectivity index (χ1) is 11.9. The van der Waals surface area contributed by atoms with Crippen LogP contribution in [0.2, 0.25) is 0 Å². The van der Waals surface area contributed by atoms with Gasteiger partial charge in [-0.3, -0.25) is 19.8 Å². The fraction of sp³-hybridized carbons (Fsp3) is 0.353. The average molecular weight is 360 g/mol. The van der Waals surface area contributed by atoms with Crippen molar-refractivity contribution in [3.05, 3.63) is 44.2 Å². The molecule has 0 bridgehead atoms. The van der Waals surface area contributed by atoms with E-state index in [2.05, 4.69) is 15.5 Å². The van der Waals surface area contributed by atoms with Crippen molar-refractivity contribution >= 4 is 33.9 Å². The van der Waals surface area contributed by atoms with Crippen LogP contribution in [0.4, 0.5) is 5.88 Å². The molecule has 0 saturated carbocycles. The number of H-pyrrole nitrogens is 1. The quantitative estimate of drug-likeness (QED) is 0.730. The predicted octanol–water partition coefficient (Wildman–Crippen LogP) is 2.83. The Labute approximate surface area is 148 Å². The first-order valence-electron chi connectivity index (χ1n) is 7.90. The maximum Gasteiger partial charge on any atom is 0.277 e. The number of rotatable bonds is 5. The van der Waals surface area contributed by atoms with E-state index < -0.39 is 0 Å². The highest BCUT2D eigenvalue weighted by Crippen LogP contribution is 2.28. The third-order valence-corrected chi connectivity index (χ3v) is 5.30. The average Bonchev–Trinajstić information content (AvgIpc) is 3.19. The lowest BCUT2D eigenvalue weighted by molar-refractivity contribution is -0.117. The summed E-state index contributed by atoms with van der Waals surface area (Å²) >= 11 is 1.65. The number of carbonyl (C=O) groups excluding carboxylic acids is 1. The first kappa shape index (κ1) is 17.4. The molecule has 0 radical (unpaired) electrons. The standard InChI is InChI=1S/C17H20N4O3S/c1-9-14-11(3)24-17(15(14)16(23)20-19-9)18-13(22)8-21(4)10(2)12-6-5-7-25-12/h5-7,10H,8H2,1-4H3,(H,18,22)(H,20,23). The van der Waals surface area contributed by atoms with E-state index in [1.165, 1.54) is 4.88 Å². The van der Waals surface area contributed by atoms with Gasteiger partial charge in [0.2, 0.25) is 11.8 Å². The van der Waals surface area contributed by atoms with Gasteiger partial charge < -0.3 is 4.42 Å². The van der Waals surface area contributed by atoms with Crippen molar-refractivity contribution in [2.75, 3.05) is 18.9 Å². The largest absolute Gasteiger partial charge is 0.444 e. The molecule has 1 amide bonds. The van der Waals surface area contributed by atoms with Gasteiger partial charge in [0.05, 0.1) is 17.6 Å². The number of amides is 1. The van der Waals surface area contributed by atoms with E-state index in [-0.39, 0.29) is 29.9 Å². The lowest BCUT2D eigenvalue weighted by Crippen LogP contribution is -2.32. The molecule has 0 fully saturated rings. The predicted molar refractivity (Wildman–Crippen MR) is 98.1 cm³/mol. The molecule has 8 heteroatoms. The molecular weight excluding hydrogens is 340 g/mol. The van der Waals surface area contributed by atoms with E-state index >= 15 is 0 Å². The van der Waals surface area contributed by atoms with Crippen molar-refractivity contribution in [1.29, 1.82) is 0 Å². The Kier molecular flexibility index (Phi) is 4.73. The molecule has 3 heterocycles. The van der Waals surface area contributed by atoms with E-state index in [9.17, 15) is 9.59 Å². The van der Waals surface area contributed by atoms with Crippen LogP contribution >= 0.6 is 11.3 Å². The Morgan fingerprint density at radius 1 is 1.44 bits per heavy atom. The number of anilines is 1. The molecule has 3 aromatic heterocycles. The number of hydrogen-bond acceptors (Lipinski definition) is 6. The molecule has 3 aromatic rings. The summed E-state index contributed by atoms with van der Waals surface area (Å²) in [5.41, 5.74) is 0.271. The molecule has 0 spiro atoms. The Hall–Kier alpha value is -2.45. The molecular formula is C17H20N4O3S. The molecule has 25 heavy (non-hydrogen) atoms. The minimum absolute atomic E-state index is 0.121. The summed E-state index contributed by atoms with van der Waals surface area (Å²) in [5, 5.41) is 12.1. The monoisotopic (exact) mass is 360 g/mol. The van der Waals surface area contributed by atoms with Gasteiger partial charge in [0.1, 0.15) is 11.1 Å². The molecule has 0 saturated heterocycles. The number of aromatic amines is 1. The van der Waals surface area contributed by atoms with Crippen LogP contribution in [0.15, 0.2) is 26.7 Å². The molecule has 0 aliphatic rings.